The van der Waals surface area contributed by atoms with Gasteiger partial charge >= 0.3 is 0 Å². The Morgan fingerprint density at radius 2 is 2.05 bits per heavy atom. The molecule has 1 aromatic rings. The number of aromatic hydroxyl groups is 1. The number of carbonyl (C=O) groups is 1. The number of phenolic OH excluding ortho intramolecular Hbond substituents is 1. The van der Waals surface area contributed by atoms with Gasteiger partial charge in [-0.15, -0.1) is 0 Å². The maximum Gasteiger partial charge on any atom is 0.227 e. The average Bonchev–Trinajstić information content (AvgIpc) is 2.33. The largest absolute Gasteiger partial charge is 0.508 e. The number of phenols is 1. The fraction of sp³-hybridized carbons (Fsp3) is 0.533. The van der Waals surface area contributed by atoms with Crippen molar-refractivity contribution in [1.29, 1.82) is 0 Å². The molecule has 4 heteroatoms. The fourth-order valence-electron chi connectivity index (χ4n) is 1.83. The highest BCUT2D eigenvalue weighted by Gasteiger charge is 2.13. The fourth-order valence-corrected chi connectivity index (χ4v) is 1.83. The molecule has 2 atom stereocenters. The zero-order chi connectivity index (χ0) is 14.4. The SMILES string of the molecule is Cc1ccc(NC(=O)C(C)CCCC(C)N)cc1O. The number of benzene rings is 1. The summed E-state index contributed by atoms with van der Waals surface area (Å²) in [5.41, 5.74) is 7.11. The Bertz CT molecular complexity index is 430. The first-order valence-electron chi connectivity index (χ1n) is 6.76. The number of hydrogen-bond donors (Lipinski definition) is 3. The van der Waals surface area contributed by atoms with Gasteiger partial charge in [-0.1, -0.05) is 19.4 Å². The molecule has 4 N–H and O–H groups in total. The molecule has 0 aliphatic carbocycles. The second kappa shape index (κ2) is 7.14. The zero-order valence-electron chi connectivity index (χ0n) is 11.9. The van der Waals surface area contributed by atoms with Gasteiger partial charge in [0, 0.05) is 23.7 Å². The molecule has 4 nitrogen and oxygen atoms in total. The molecule has 0 spiro atoms. The molecule has 0 aliphatic heterocycles. The predicted octanol–water partition coefficient (Wildman–Crippen LogP) is 2.79. The second-order valence-corrected chi connectivity index (χ2v) is 5.30. The Morgan fingerprint density at radius 3 is 2.63 bits per heavy atom. The highest BCUT2D eigenvalue weighted by molar-refractivity contribution is 5.92. The predicted molar refractivity (Wildman–Crippen MR) is 78.1 cm³/mol. The summed E-state index contributed by atoms with van der Waals surface area (Å²) < 4.78 is 0. The smallest absolute Gasteiger partial charge is 0.227 e. The van der Waals surface area contributed by atoms with Crippen LogP contribution in [0.3, 0.4) is 0 Å². The molecule has 0 aliphatic rings. The van der Waals surface area contributed by atoms with Crippen molar-refractivity contribution in [1.82, 2.24) is 0 Å². The molecule has 19 heavy (non-hydrogen) atoms. The van der Waals surface area contributed by atoms with E-state index in [1.54, 1.807) is 18.2 Å². The van der Waals surface area contributed by atoms with Crippen LogP contribution in [0.5, 0.6) is 5.75 Å². The highest BCUT2D eigenvalue weighted by atomic mass is 16.3. The molecule has 1 amide bonds. The summed E-state index contributed by atoms with van der Waals surface area (Å²) in [6.07, 6.45) is 2.71. The van der Waals surface area contributed by atoms with Crippen LogP contribution >= 0.6 is 0 Å². The Kier molecular flexibility index (Phi) is 5.83. The van der Waals surface area contributed by atoms with Crippen molar-refractivity contribution in [3.8, 4) is 5.75 Å². The minimum absolute atomic E-state index is 0.0204. The van der Waals surface area contributed by atoms with Gasteiger partial charge < -0.3 is 16.2 Å². The number of aryl methyl sites for hydroxylation is 1. The van der Waals surface area contributed by atoms with Crippen molar-refractivity contribution in [2.24, 2.45) is 11.7 Å². The lowest BCUT2D eigenvalue weighted by Crippen LogP contribution is -2.21. The Morgan fingerprint density at radius 1 is 1.37 bits per heavy atom. The molecule has 1 aromatic carbocycles. The van der Waals surface area contributed by atoms with E-state index in [2.05, 4.69) is 5.32 Å². The third-order valence-corrected chi connectivity index (χ3v) is 3.22. The first-order chi connectivity index (χ1) is 8.90. The number of nitrogens with one attached hydrogen (secondary N) is 1. The van der Waals surface area contributed by atoms with Crippen molar-refractivity contribution in [3.05, 3.63) is 23.8 Å². The first-order valence-corrected chi connectivity index (χ1v) is 6.76. The molecule has 1 rings (SSSR count). The average molecular weight is 264 g/mol. The van der Waals surface area contributed by atoms with Gasteiger partial charge in [0.05, 0.1) is 0 Å². The van der Waals surface area contributed by atoms with Crippen molar-refractivity contribution in [2.75, 3.05) is 5.32 Å². The molecule has 0 heterocycles. The number of amides is 1. The highest BCUT2D eigenvalue weighted by Crippen LogP contribution is 2.21. The van der Waals surface area contributed by atoms with Crippen molar-refractivity contribution >= 4 is 11.6 Å². The first kappa shape index (κ1) is 15.5. The summed E-state index contributed by atoms with van der Waals surface area (Å²) in [5, 5.41) is 12.4. The van der Waals surface area contributed by atoms with Crippen LogP contribution in [0, 0.1) is 12.8 Å². The van der Waals surface area contributed by atoms with Gasteiger partial charge in [0.15, 0.2) is 0 Å². The number of rotatable bonds is 6. The maximum absolute atomic E-state index is 12.0. The summed E-state index contributed by atoms with van der Waals surface area (Å²) in [6, 6.07) is 5.33. The molecule has 0 radical (unpaired) electrons. The minimum Gasteiger partial charge on any atom is -0.508 e. The van der Waals surface area contributed by atoms with Gasteiger partial charge in [0.1, 0.15) is 5.75 Å². The number of nitrogens with two attached hydrogens (primary N) is 1. The van der Waals surface area contributed by atoms with E-state index in [9.17, 15) is 9.90 Å². The van der Waals surface area contributed by atoms with Gasteiger partial charge in [0.2, 0.25) is 5.91 Å². The van der Waals surface area contributed by atoms with E-state index in [4.69, 9.17) is 5.73 Å². The van der Waals surface area contributed by atoms with E-state index in [0.717, 1.165) is 24.8 Å². The van der Waals surface area contributed by atoms with Crippen molar-refractivity contribution in [2.45, 2.75) is 46.1 Å². The topological polar surface area (TPSA) is 75.4 Å². The maximum atomic E-state index is 12.0. The van der Waals surface area contributed by atoms with Crippen molar-refractivity contribution in [3.63, 3.8) is 0 Å². The van der Waals surface area contributed by atoms with E-state index >= 15 is 0 Å². The molecular weight excluding hydrogens is 240 g/mol. The summed E-state index contributed by atoms with van der Waals surface area (Å²) in [7, 11) is 0. The molecule has 0 aromatic heterocycles. The molecule has 0 fully saturated rings. The van der Waals surface area contributed by atoms with Crippen LogP contribution in [0.4, 0.5) is 5.69 Å². The van der Waals surface area contributed by atoms with Crippen LogP contribution in [0.2, 0.25) is 0 Å². The van der Waals surface area contributed by atoms with Gasteiger partial charge in [-0.2, -0.15) is 0 Å². The van der Waals surface area contributed by atoms with Gasteiger partial charge in [0.25, 0.3) is 0 Å². The number of hydrogen-bond acceptors (Lipinski definition) is 3. The van der Waals surface area contributed by atoms with Crippen LogP contribution in [0.1, 0.15) is 38.7 Å². The Labute approximate surface area is 115 Å². The van der Waals surface area contributed by atoms with Crippen LogP contribution < -0.4 is 11.1 Å². The van der Waals surface area contributed by atoms with Gasteiger partial charge in [-0.25, -0.2) is 0 Å². The zero-order valence-corrected chi connectivity index (χ0v) is 11.9. The molecule has 0 saturated carbocycles. The van der Waals surface area contributed by atoms with Crippen LogP contribution in [0.15, 0.2) is 18.2 Å². The summed E-state index contributed by atoms with van der Waals surface area (Å²) in [5.74, 6) is 0.123. The van der Waals surface area contributed by atoms with Crippen LogP contribution in [0.25, 0.3) is 0 Å². The van der Waals surface area contributed by atoms with E-state index in [1.165, 1.54) is 0 Å². The third kappa shape index (κ3) is 5.30. The lowest BCUT2D eigenvalue weighted by atomic mass is 10.0. The molecule has 0 saturated heterocycles. The third-order valence-electron chi connectivity index (χ3n) is 3.22. The number of anilines is 1. The monoisotopic (exact) mass is 264 g/mol. The van der Waals surface area contributed by atoms with E-state index in [1.807, 2.05) is 20.8 Å². The number of carbonyl (C=O) groups excluding carboxylic acids is 1. The summed E-state index contributed by atoms with van der Waals surface area (Å²) in [4.78, 5) is 12.0. The lowest BCUT2D eigenvalue weighted by Gasteiger charge is -2.13. The van der Waals surface area contributed by atoms with Gasteiger partial charge in [-0.05, 0) is 38.3 Å². The Hall–Kier alpha value is -1.55. The van der Waals surface area contributed by atoms with Crippen molar-refractivity contribution < 1.29 is 9.90 Å². The molecule has 106 valence electrons. The molecule has 0 bridgehead atoms. The minimum atomic E-state index is -0.0535. The van der Waals surface area contributed by atoms with E-state index in [0.29, 0.717) is 5.69 Å². The second-order valence-electron chi connectivity index (χ2n) is 5.30. The lowest BCUT2D eigenvalue weighted by molar-refractivity contribution is -0.119. The Balaban J connectivity index is 2.47. The normalized spacial score (nSPS) is 13.9. The van der Waals surface area contributed by atoms with E-state index < -0.39 is 0 Å². The molecule has 2 unspecified atom stereocenters. The quantitative estimate of drug-likeness (QED) is 0.739. The van der Waals surface area contributed by atoms with Crippen LogP contribution in [-0.2, 0) is 4.79 Å². The van der Waals surface area contributed by atoms with E-state index in [-0.39, 0.29) is 23.6 Å². The molecular formula is C15H24N2O2. The van der Waals surface area contributed by atoms with Gasteiger partial charge in [-0.3, -0.25) is 4.79 Å². The summed E-state index contributed by atoms with van der Waals surface area (Å²) in [6.45, 7) is 5.70. The summed E-state index contributed by atoms with van der Waals surface area (Å²) >= 11 is 0. The standard InChI is InChI=1S/C15H24N2O2/c1-10-7-8-13(9-14(10)18)17-15(19)11(2)5-4-6-12(3)16/h7-9,11-12,18H,4-6,16H2,1-3H3,(H,17,19). The van der Waals surface area contributed by atoms with Crippen LogP contribution in [-0.4, -0.2) is 17.1 Å².